The molecular weight excluding hydrogens is 508 g/mol. The van der Waals surface area contributed by atoms with Gasteiger partial charge in [-0.2, -0.15) is 0 Å². The zero-order valence-corrected chi connectivity index (χ0v) is 22.6. The molecule has 2 saturated carbocycles. The molecule has 1 aliphatic heterocycles. The van der Waals surface area contributed by atoms with Crippen LogP contribution in [0.15, 0.2) is 41.5 Å². The minimum Gasteiger partial charge on any atom is -0.455 e. The fourth-order valence-corrected chi connectivity index (χ4v) is 7.45. The minimum atomic E-state index is -2.13. The van der Waals surface area contributed by atoms with E-state index < -0.39 is 75.9 Å². The van der Waals surface area contributed by atoms with Gasteiger partial charge in [0.15, 0.2) is 5.60 Å². The number of rotatable bonds is 3. The van der Waals surface area contributed by atoms with Crippen molar-refractivity contribution in [3.8, 4) is 0 Å². The standard InChI is InChI=1S/C29H34O10/c1-14-17(31)12-29(36)24(38-25(35)16-9-7-6-8-10-16)22-27(5,23(34)21(33)20(14)26(29,3)4)18(32)11-19-28(22,13-37-19)39-15(2)30/h6-10,17-19,22,24,31-32,36H,11-13H2,1-5H3/t17-,18?,19+,22?,24-,27+,28-,29+/m0/s1. The van der Waals surface area contributed by atoms with E-state index >= 15 is 0 Å². The number of fused-ring (bicyclic) bond motifs is 5. The molecule has 10 nitrogen and oxygen atoms in total. The molecule has 10 heteroatoms. The Labute approximate surface area is 225 Å². The van der Waals surface area contributed by atoms with Crippen molar-refractivity contribution in [3.63, 3.8) is 0 Å². The van der Waals surface area contributed by atoms with E-state index in [1.54, 1.807) is 32.0 Å². The van der Waals surface area contributed by atoms with Gasteiger partial charge in [-0.3, -0.25) is 14.4 Å². The van der Waals surface area contributed by atoms with Crippen LogP contribution in [0.25, 0.3) is 0 Å². The number of carbonyl (C=O) groups excluding carboxylic acids is 4. The molecule has 5 rings (SSSR count). The van der Waals surface area contributed by atoms with E-state index in [9.17, 15) is 34.5 Å². The van der Waals surface area contributed by atoms with Crippen LogP contribution in [-0.2, 0) is 28.6 Å². The van der Waals surface area contributed by atoms with Crippen LogP contribution < -0.4 is 0 Å². The number of carbonyl (C=O) groups is 4. The molecule has 1 aromatic carbocycles. The molecule has 210 valence electrons. The lowest BCUT2D eigenvalue weighted by molar-refractivity contribution is -0.343. The van der Waals surface area contributed by atoms with Crippen molar-refractivity contribution in [2.24, 2.45) is 16.7 Å². The van der Waals surface area contributed by atoms with E-state index in [1.807, 2.05) is 0 Å². The van der Waals surface area contributed by atoms with Gasteiger partial charge in [-0.05, 0) is 31.6 Å². The van der Waals surface area contributed by atoms with Gasteiger partial charge >= 0.3 is 11.9 Å². The molecule has 1 saturated heterocycles. The molecule has 1 aromatic rings. The molecule has 0 spiro atoms. The Kier molecular flexibility index (Phi) is 6.23. The number of aliphatic hydroxyl groups excluding tert-OH is 2. The van der Waals surface area contributed by atoms with Gasteiger partial charge in [0.25, 0.3) is 0 Å². The van der Waals surface area contributed by atoms with E-state index in [4.69, 9.17) is 14.2 Å². The SMILES string of the molecule is CC(=O)O[C@@]12CO[C@@H]1CC(O)[C@@]1(C)C(=O)C(=O)C3=C(C)[C@@H](O)C[C@@](O)([C@@H](OC(=O)c4ccccc4)C12)C3(C)C. The Bertz CT molecular complexity index is 1280. The quantitative estimate of drug-likeness (QED) is 0.376. The largest absolute Gasteiger partial charge is 0.455 e. The highest BCUT2D eigenvalue weighted by atomic mass is 16.6. The van der Waals surface area contributed by atoms with Crippen LogP contribution in [0.4, 0.5) is 0 Å². The van der Waals surface area contributed by atoms with Gasteiger partial charge < -0.3 is 29.5 Å². The number of hydrogen-bond acceptors (Lipinski definition) is 10. The van der Waals surface area contributed by atoms with Crippen LogP contribution in [0.3, 0.4) is 0 Å². The summed E-state index contributed by atoms with van der Waals surface area (Å²) < 4.78 is 17.6. The predicted molar refractivity (Wildman–Crippen MR) is 134 cm³/mol. The Morgan fingerprint density at radius 2 is 1.72 bits per heavy atom. The van der Waals surface area contributed by atoms with Crippen LogP contribution in [0.1, 0.15) is 57.8 Å². The first-order valence-electron chi connectivity index (χ1n) is 13.1. The average molecular weight is 543 g/mol. The Morgan fingerprint density at radius 1 is 1.08 bits per heavy atom. The summed E-state index contributed by atoms with van der Waals surface area (Å²) in [5.74, 6) is -4.86. The number of ether oxygens (including phenoxy) is 3. The van der Waals surface area contributed by atoms with Crippen molar-refractivity contribution in [2.45, 2.75) is 83.1 Å². The van der Waals surface area contributed by atoms with Crippen molar-refractivity contribution in [1.82, 2.24) is 0 Å². The number of Topliss-reactive ketones (excluding diaryl/α,β-unsaturated/α-hetero) is 2. The van der Waals surface area contributed by atoms with Gasteiger partial charge in [0, 0.05) is 30.8 Å². The van der Waals surface area contributed by atoms with Crippen LogP contribution in [0.5, 0.6) is 0 Å². The lowest BCUT2D eigenvalue weighted by Crippen LogP contribution is -2.81. The summed E-state index contributed by atoms with van der Waals surface area (Å²) in [4.78, 5) is 54.1. The maximum atomic E-state index is 14.2. The van der Waals surface area contributed by atoms with E-state index in [1.165, 1.54) is 32.9 Å². The zero-order valence-electron chi connectivity index (χ0n) is 22.6. The van der Waals surface area contributed by atoms with Gasteiger partial charge in [0.2, 0.25) is 11.6 Å². The molecule has 39 heavy (non-hydrogen) atoms. The zero-order chi connectivity index (χ0) is 28.7. The molecule has 2 unspecified atom stereocenters. The van der Waals surface area contributed by atoms with E-state index in [-0.39, 0.29) is 36.2 Å². The van der Waals surface area contributed by atoms with Gasteiger partial charge in [0.05, 0.1) is 35.7 Å². The number of ketones is 2. The molecule has 2 bridgehead atoms. The number of aliphatic hydroxyl groups is 3. The van der Waals surface area contributed by atoms with E-state index in [2.05, 4.69) is 0 Å². The summed E-state index contributed by atoms with van der Waals surface area (Å²) >= 11 is 0. The maximum absolute atomic E-state index is 14.2. The lowest BCUT2D eigenvalue weighted by atomic mass is 9.45. The molecule has 3 aliphatic carbocycles. The van der Waals surface area contributed by atoms with Crippen molar-refractivity contribution in [2.75, 3.05) is 6.61 Å². The van der Waals surface area contributed by atoms with Crippen molar-refractivity contribution >= 4 is 23.5 Å². The van der Waals surface area contributed by atoms with Gasteiger partial charge in [0.1, 0.15) is 17.8 Å². The first-order chi connectivity index (χ1) is 18.1. The fourth-order valence-electron chi connectivity index (χ4n) is 7.45. The Morgan fingerprint density at radius 3 is 2.28 bits per heavy atom. The summed E-state index contributed by atoms with van der Waals surface area (Å²) in [6.45, 7) is 7.00. The third kappa shape index (κ3) is 3.54. The molecule has 3 fully saturated rings. The summed E-state index contributed by atoms with van der Waals surface area (Å²) in [7, 11) is 0. The van der Waals surface area contributed by atoms with Gasteiger partial charge in [-0.25, -0.2) is 4.79 Å². The van der Waals surface area contributed by atoms with Crippen molar-refractivity contribution < 1.29 is 48.7 Å². The minimum absolute atomic E-state index is 0.0881. The molecule has 0 aromatic heterocycles. The molecular formula is C29H34O10. The van der Waals surface area contributed by atoms with Crippen molar-refractivity contribution in [3.05, 3.63) is 47.0 Å². The summed E-state index contributed by atoms with van der Waals surface area (Å²) in [5, 5.41) is 35.1. The Hall–Kier alpha value is -2.92. The molecule has 1 heterocycles. The highest BCUT2D eigenvalue weighted by Crippen LogP contribution is 2.63. The topological polar surface area (TPSA) is 157 Å². The molecule has 4 aliphatic rings. The average Bonchev–Trinajstić information content (AvgIpc) is 2.87. The summed E-state index contributed by atoms with van der Waals surface area (Å²) in [6.07, 6.45) is -5.74. The fraction of sp³-hybridized carbons (Fsp3) is 0.586. The number of esters is 2. The molecule has 8 atom stereocenters. The monoisotopic (exact) mass is 542 g/mol. The molecule has 0 amide bonds. The smallest absolute Gasteiger partial charge is 0.338 e. The van der Waals surface area contributed by atoms with Crippen LogP contribution in [-0.4, -0.2) is 81.0 Å². The van der Waals surface area contributed by atoms with Crippen LogP contribution >= 0.6 is 0 Å². The first kappa shape index (κ1) is 27.6. The van der Waals surface area contributed by atoms with Gasteiger partial charge in [-0.1, -0.05) is 32.0 Å². The highest BCUT2D eigenvalue weighted by molar-refractivity contribution is 6.46. The second kappa shape index (κ2) is 8.79. The first-order valence-corrected chi connectivity index (χ1v) is 13.1. The van der Waals surface area contributed by atoms with E-state index in [0.29, 0.717) is 0 Å². The van der Waals surface area contributed by atoms with Crippen molar-refractivity contribution in [1.29, 1.82) is 0 Å². The third-order valence-corrected chi connectivity index (χ3v) is 9.74. The van der Waals surface area contributed by atoms with Crippen LogP contribution in [0.2, 0.25) is 0 Å². The van der Waals surface area contributed by atoms with E-state index in [0.717, 1.165) is 0 Å². The maximum Gasteiger partial charge on any atom is 0.338 e. The lowest BCUT2D eigenvalue weighted by Gasteiger charge is -2.66. The summed E-state index contributed by atoms with van der Waals surface area (Å²) in [5.41, 5.74) is -6.86. The molecule has 0 radical (unpaired) electrons. The van der Waals surface area contributed by atoms with Crippen LogP contribution in [0, 0.1) is 16.7 Å². The predicted octanol–water partition coefficient (Wildman–Crippen LogP) is 1.29. The highest BCUT2D eigenvalue weighted by Gasteiger charge is 2.78. The molecule has 3 N–H and O–H groups in total. The third-order valence-electron chi connectivity index (χ3n) is 9.74. The Balaban J connectivity index is 1.82. The number of hydrogen-bond donors (Lipinski definition) is 3. The second-order valence-corrected chi connectivity index (χ2v) is 12.0. The normalized spacial score (nSPS) is 40.9. The summed E-state index contributed by atoms with van der Waals surface area (Å²) in [6, 6.07) is 8.02. The number of benzene rings is 1. The van der Waals surface area contributed by atoms with Gasteiger partial charge in [-0.15, -0.1) is 0 Å². The second-order valence-electron chi connectivity index (χ2n) is 12.0.